The largest absolute Gasteiger partial charge is 0.377 e. The van der Waals surface area contributed by atoms with E-state index >= 15 is 0 Å². The number of rotatable bonds is 8. The third-order valence-corrected chi connectivity index (χ3v) is 3.49. The first kappa shape index (κ1) is 15.7. The minimum absolute atomic E-state index is 0.237. The van der Waals surface area contributed by atoms with Crippen molar-refractivity contribution in [3.63, 3.8) is 0 Å². The Morgan fingerprint density at radius 3 is 2.72 bits per heavy atom. The fourth-order valence-electron chi connectivity index (χ4n) is 2.03. The van der Waals surface area contributed by atoms with Crippen LogP contribution < -0.4 is 5.32 Å². The standard InChI is InChI=1S/C15H24BrNO/c1-4-9-17-15(12(3)18-5-2)11-13-7-6-8-14(16)10-13/h6-8,10,12,15,17H,4-5,9,11H2,1-3H3. The Bertz CT molecular complexity index is 343. The van der Waals surface area contributed by atoms with Gasteiger partial charge in [-0.2, -0.15) is 0 Å². The topological polar surface area (TPSA) is 21.3 Å². The summed E-state index contributed by atoms with van der Waals surface area (Å²) >= 11 is 3.52. The Kier molecular flexibility index (Phi) is 7.56. The number of hydrogen-bond donors (Lipinski definition) is 1. The zero-order chi connectivity index (χ0) is 13.4. The maximum Gasteiger partial charge on any atom is 0.0703 e. The molecule has 0 spiro atoms. The summed E-state index contributed by atoms with van der Waals surface area (Å²) in [4.78, 5) is 0. The van der Waals surface area contributed by atoms with Crippen LogP contribution in [0, 0.1) is 0 Å². The average Bonchev–Trinajstić information content (AvgIpc) is 2.34. The highest BCUT2D eigenvalue weighted by molar-refractivity contribution is 9.10. The normalized spacial score (nSPS) is 14.4. The summed E-state index contributed by atoms with van der Waals surface area (Å²) in [5, 5.41) is 3.58. The van der Waals surface area contributed by atoms with Crippen LogP contribution in [0.5, 0.6) is 0 Å². The Labute approximate surface area is 119 Å². The summed E-state index contributed by atoms with van der Waals surface area (Å²) in [5.74, 6) is 0. The minimum Gasteiger partial charge on any atom is -0.377 e. The van der Waals surface area contributed by atoms with Gasteiger partial charge in [-0.05, 0) is 50.9 Å². The Hall–Kier alpha value is -0.380. The van der Waals surface area contributed by atoms with Crippen molar-refractivity contribution in [2.24, 2.45) is 0 Å². The van der Waals surface area contributed by atoms with Gasteiger partial charge in [-0.25, -0.2) is 0 Å². The number of ether oxygens (including phenoxy) is 1. The summed E-state index contributed by atoms with van der Waals surface area (Å²) in [6.07, 6.45) is 2.38. The van der Waals surface area contributed by atoms with Crippen LogP contribution in [0.1, 0.15) is 32.8 Å². The molecule has 1 aromatic rings. The summed E-state index contributed by atoms with van der Waals surface area (Å²) in [6, 6.07) is 8.87. The highest BCUT2D eigenvalue weighted by atomic mass is 79.9. The molecule has 0 radical (unpaired) electrons. The number of halogens is 1. The quantitative estimate of drug-likeness (QED) is 0.788. The summed E-state index contributed by atoms with van der Waals surface area (Å²) in [5.41, 5.74) is 1.34. The second-order valence-corrected chi connectivity index (χ2v) is 5.47. The molecule has 3 heteroatoms. The fraction of sp³-hybridized carbons (Fsp3) is 0.600. The van der Waals surface area contributed by atoms with Crippen molar-refractivity contribution < 1.29 is 4.74 Å². The summed E-state index contributed by atoms with van der Waals surface area (Å²) in [7, 11) is 0. The van der Waals surface area contributed by atoms with Crippen molar-refractivity contribution in [3.8, 4) is 0 Å². The van der Waals surface area contributed by atoms with Crippen molar-refractivity contribution >= 4 is 15.9 Å². The lowest BCUT2D eigenvalue weighted by Gasteiger charge is -2.25. The molecule has 2 atom stereocenters. The summed E-state index contributed by atoms with van der Waals surface area (Å²) < 4.78 is 6.87. The van der Waals surface area contributed by atoms with E-state index in [1.54, 1.807) is 0 Å². The van der Waals surface area contributed by atoms with Gasteiger partial charge in [-0.3, -0.25) is 0 Å². The molecule has 0 bridgehead atoms. The number of hydrogen-bond acceptors (Lipinski definition) is 2. The predicted molar refractivity (Wildman–Crippen MR) is 81.0 cm³/mol. The van der Waals surface area contributed by atoms with E-state index in [1.807, 2.05) is 6.92 Å². The average molecular weight is 314 g/mol. The maximum atomic E-state index is 5.73. The molecule has 2 unspecified atom stereocenters. The van der Waals surface area contributed by atoms with Crippen molar-refractivity contribution in [1.82, 2.24) is 5.32 Å². The molecule has 1 rings (SSSR count). The van der Waals surface area contributed by atoms with Gasteiger partial charge in [0, 0.05) is 17.1 Å². The highest BCUT2D eigenvalue weighted by Gasteiger charge is 2.17. The third-order valence-electron chi connectivity index (χ3n) is 3.00. The molecule has 0 heterocycles. The molecule has 1 N–H and O–H groups in total. The van der Waals surface area contributed by atoms with E-state index in [2.05, 4.69) is 59.4 Å². The van der Waals surface area contributed by atoms with Gasteiger partial charge in [0.15, 0.2) is 0 Å². The van der Waals surface area contributed by atoms with E-state index in [-0.39, 0.29) is 6.10 Å². The molecule has 0 aromatic heterocycles. The first-order valence-corrected chi connectivity index (χ1v) is 7.56. The molecule has 2 nitrogen and oxygen atoms in total. The van der Waals surface area contributed by atoms with Gasteiger partial charge >= 0.3 is 0 Å². The fourth-order valence-corrected chi connectivity index (χ4v) is 2.48. The van der Waals surface area contributed by atoms with Gasteiger partial charge in [-0.15, -0.1) is 0 Å². The van der Waals surface area contributed by atoms with Crippen LogP contribution in [0.3, 0.4) is 0 Å². The molecular weight excluding hydrogens is 290 g/mol. The molecule has 18 heavy (non-hydrogen) atoms. The van der Waals surface area contributed by atoms with Gasteiger partial charge < -0.3 is 10.1 Å². The molecule has 102 valence electrons. The monoisotopic (exact) mass is 313 g/mol. The van der Waals surface area contributed by atoms with Crippen molar-refractivity contribution in [2.45, 2.75) is 45.8 Å². The molecule has 0 amide bonds. The maximum absolute atomic E-state index is 5.73. The lowest BCUT2D eigenvalue weighted by Crippen LogP contribution is -2.42. The van der Waals surface area contributed by atoms with Crippen molar-refractivity contribution in [1.29, 1.82) is 0 Å². The van der Waals surface area contributed by atoms with Crippen LogP contribution in [0.2, 0.25) is 0 Å². The Morgan fingerprint density at radius 1 is 1.33 bits per heavy atom. The SMILES string of the molecule is CCCNC(Cc1cccc(Br)c1)C(C)OCC. The zero-order valence-electron chi connectivity index (χ0n) is 11.6. The van der Waals surface area contributed by atoms with Crippen LogP contribution in [0.4, 0.5) is 0 Å². The Balaban J connectivity index is 2.64. The van der Waals surface area contributed by atoms with E-state index in [9.17, 15) is 0 Å². The molecule has 0 saturated heterocycles. The third kappa shape index (κ3) is 5.51. The first-order chi connectivity index (χ1) is 8.67. The molecule has 0 fully saturated rings. The highest BCUT2D eigenvalue weighted by Crippen LogP contribution is 2.15. The zero-order valence-corrected chi connectivity index (χ0v) is 13.2. The van der Waals surface area contributed by atoms with Gasteiger partial charge in [0.1, 0.15) is 0 Å². The van der Waals surface area contributed by atoms with Crippen LogP contribution in [-0.2, 0) is 11.2 Å². The van der Waals surface area contributed by atoms with Crippen molar-refractivity contribution in [3.05, 3.63) is 34.3 Å². The van der Waals surface area contributed by atoms with Crippen molar-refractivity contribution in [2.75, 3.05) is 13.2 Å². The van der Waals surface area contributed by atoms with E-state index in [1.165, 1.54) is 5.56 Å². The van der Waals surface area contributed by atoms with Gasteiger partial charge in [0.2, 0.25) is 0 Å². The van der Waals surface area contributed by atoms with Gasteiger partial charge in [0.25, 0.3) is 0 Å². The lowest BCUT2D eigenvalue weighted by atomic mass is 10.0. The van der Waals surface area contributed by atoms with E-state index in [0.717, 1.165) is 30.5 Å². The first-order valence-electron chi connectivity index (χ1n) is 6.76. The lowest BCUT2D eigenvalue weighted by molar-refractivity contribution is 0.0476. The summed E-state index contributed by atoms with van der Waals surface area (Å²) in [6.45, 7) is 8.19. The molecule has 1 aromatic carbocycles. The van der Waals surface area contributed by atoms with E-state index in [0.29, 0.717) is 6.04 Å². The van der Waals surface area contributed by atoms with Gasteiger partial charge in [-0.1, -0.05) is 35.0 Å². The predicted octanol–water partition coefficient (Wildman–Crippen LogP) is 3.78. The Morgan fingerprint density at radius 2 is 2.11 bits per heavy atom. The molecule has 0 aliphatic carbocycles. The van der Waals surface area contributed by atoms with Gasteiger partial charge in [0.05, 0.1) is 6.10 Å². The van der Waals surface area contributed by atoms with Crippen LogP contribution >= 0.6 is 15.9 Å². The molecule has 0 aliphatic heterocycles. The number of benzene rings is 1. The minimum atomic E-state index is 0.237. The van der Waals surface area contributed by atoms with E-state index < -0.39 is 0 Å². The van der Waals surface area contributed by atoms with Crippen LogP contribution in [-0.4, -0.2) is 25.3 Å². The smallest absolute Gasteiger partial charge is 0.0703 e. The van der Waals surface area contributed by atoms with E-state index in [4.69, 9.17) is 4.74 Å². The number of nitrogens with one attached hydrogen (secondary N) is 1. The molecule has 0 saturated carbocycles. The van der Waals surface area contributed by atoms with Crippen LogP contribution in [0.25, 0.3) is 0 Å². The second kappa shape index (κ2) is 8.68. The molecule has 0 aliphatic rings. The van der Waals surface area contributed by atoms with Crippen LogP contribution in [0.15, 0.2) is 28.7 Å². The molecular formula is C15H24BrNO. The second-order valence-electron chi connectivity index (χ2n) is 4.56.